The molecule has 1 aliphatic carbocycles. The molecule has 1 heterocycles. The van der Waals surface area contributed by atoms with Crippen LogP contribution < -0.4 is 15.5 Å². The van der Waals surface area contributed by atoms with Gasteiger partial charge in [0.2, 0.25) is 5.43 Å². The van der Waals surface area contributed by atoms with Crippen molar-refractivity contribution in [1.82, 2.24) is 14.8 Å². The van der Waals surface area contributed by atoms with Crippen molar-refractivity contribution < 1.29 is 27.5 Å². The predicted molar refractivity (Wildman–Crippen MR) is 120 cm³/mol. The SMILES string of the molecule is CN(C)C(=O)c1cn(CC2CCCCC2)cc(C(=O)NCc2ccc(OC(F)(F)F)cc2)c1=O. The molecule has 0 bridgehead atoms. The quantitative estimate of drug-likeness (QED) is 0.652. The van der Waals surface area contributed by atoms with E-state index >= 15 is 0 Å². The summed E-state index contributed by atoms with van der Waals surface area (Å²) in [6.45, 7) is 0.591. The zero-order chi connectivity index (χ0) is 24.9. The zero-order valence-electron chi connectivity index (χ0n) is 19.2. The van der Waals surface area contributed by atoms with Crippen molar-refractivity contribution in [2.24, 2.45) is 5.92 Å². The van der Waals surface area contributed by atoms with Crippen LogP contribution in [0.1, 0.15) is 58.4 Å². The second-order valence-electron chi connectivity index (χ2n) is 8.69. The van der Waals surface area contributed by atoms with E-state index in [1.807, 2.05) is 0 Å². The molecular weight excluding hydrogens is 451 g/mol. The molecule has 34 heavy (non-hydrogen) atoms. The standard InChI is InChI=1S/C24H28F3N3O4/c1-29(2)23(33)20-15-30(13-17-6-4-3-5-7-17)14-19(21(20)31)22(32)28-12-16-8-10-18(11-9-16)34-24(25,26)27/h8-11,14-15,17H,3-7,12-13H2,1-2H3,(H,28,32). The Morgan fingerprint density at radius 2 is 1.68 bits per heavy atom. The summed E-state index contributed by atoms with van der Waals surface area (Å²) >= 11 is 0. The summed E-state index contributed by atoms with van der Waals surface area (Å²) in [5, 5.41) is 2.61. The Kier molecular flexibility index (Phi) is 8.01. The van der Waals surface area contributed by atoms with Crippen molar-refractivity contribution in [2.45, 2.75) is 51.6 Å². The molecule has 184 valence electrons. The molecule has 1 aromatic heterocycles. The molecule has 7 nitrogen and oxygen atoms in total. The molecule has 1 saturated carbocycles. The topological polar surface area (TPSA) is 80.6 Å². The van der Waals surface area contributed by atoms with Crippen LogP contribution in [0.25, 0.3) is 0 Å². The van der Waals surface area contributed by atoms with Gasteiger partial charge in [-0.1, -0.05) is 31.4 Å². The summed E-state index contributed by atoms with van der Waals surface area (Å²) in [5.41, 5.74) is -0.376. The third-order valence-corrected chi connectivity index (χ3v) is 5.76. The Balaban J connectivity index is 1.78. The molecule has 2 aromatic rings. The maximum atomic E-state index is 12.9. The first kappa shape index (κ1) is 25.3. The number of amides is 2. The highest BCUT2D eigenvalue weighted by molar-refractivity contribution is 5.98. The number of nitrogens with one attached hydrogen (secondary N) is 1. The molecule has 3 rings (SSSR count). The number of benzene rings is 1. The first-order chi connectivity index (χ1) is 16.0. The number of hydrogen-bond donors (Lipinski definition) is 1. The lowest BCUT2D eigenvalue weighted by Crippen LogP contribution is -2.35. The van der Waals surface area contributed by atoms with Crippen LogP contribution in [0.15, 0.2) is 41.5 Å². The highest BCUT2D eigenvalue weighted by Gasteiger charge is 2.31. The molecule has 1 fully saturated rings. The van der Waals surface area contributed by atoms with E-state index in [9.17, 15) is 27.6 Å². The molecule has 1 aromatic carbocycles. The van der Waals surface area contributed by atoms with E-state index in [0.717, 1.165) is 37.8 Å². The number of halogens is 3. The number of ether oxygens (including phenoxy) is 1. The van der Waals surface area contributed by atoms with Crippen LogP contribution in [-0.2, 0) is 13.1 Å². The summed E-state index contributed by atoms with van der Waals surface area (Å²) < 4.78 is 42.5. The fraction of sp³-hybridized carbons (Fsp3) is 0.458. The summed E-state index contributed by atoms with van der Waals surface area (Å²) in [4.78, 5) is 39.7. The molecule has 10 heteroatoms. The second kappa shape index (κ2) is 10.8. The first-order valence-electron chi connectivity index (χ1n) is 11.1. The maximum Gasteiger partial charge on any atom is 0.573 e. The van der Waals surface area contributed by atoms with Gasteiger partial charge in [-0.15, -0.1) is 13.2 Å². The van der Waals surface area contributed by atoms with Crippen LogP contribution in [0.2, 0.25) is 0 Å². The lowest BCUT2D eigenvalue weighted by Gasteiger charge is -2.23. The molecule has 0 atom stereocenters. The lowest BCUT2D eigenvalue weighted by atomic mass is 9.89. The minimum Gasteiger partial charge on any atom is -0.406 e. The molecule has 0 radical (unpaired) electrons. The number of alkyl halides is 3. The van der Waals surface area contributed by atoms with E-state index in [2.05, 4.69) is 10.1 Å². The van der Waals surface area contributed by atoms with Crippen molar-refractivity contribution in [3.8, 4) is 5.75 Å². The average Bonchev–Trinajstić information content (AvgIpc) is 2.78. The largest absolute Gasteiger partial charge is 0.573 e. The predicted octanol–water partition coefficient (Wildman–Crippen LogP) is 3.96. The van der Waals surface area contributed by atoms with Gasteiger partial charge < -0.3 is 19.5 Å². The van der Waals surface area contributed by atoms with Gasteiger partial charge in [0, 0.05) is 39.6 Å². The highest BCUT2D eigenvalue weighted by Crippen LogP contribution is 2.25. The molecule has 1 N–H and O–H groups in total. The maximum absolute atomic E-state index is 12.9. The fourth-order valence-corrected chi connectivity index (χ4v) is 4.05. The highest BCUT2D eigenvalue weighted by atomic mass is 19.4. The number of nitrogens with zero attached hydrogens (tertiary/aromatic N) is 2. The number of carbonyl (C=O) groups excluding carboxylic acids is 2. The summed E-state index contributed by atoms with van der Waals surface area (Å²) in [5.74, 6) is -1.11. The third-order valence-electron chi connectivity index (χ3n) is 5.76. The van der Waals surface area contributed by atoms with E-state index < -0.39 is 23.6 Å². The first-order valence-corrected chi connectivity index (χ1v) is 11.1. The van der Waals surface area contributed by atoms with Crippen LogP contribution in [-0.4, -0.2) is 41.7 Å². The molecule has 0 aliphatic heterocycles. The minimum absolute atomic E-state index is 0.0148. The van der Waals surface area contributed by atoms with Crippen molar-refractivity contribution >= 4 is 11.8 Å². The van der Waals surface area contributed by atoms with E-state index in [1.165, 1.54) is 49.9 Å². The third kappa shape index (κ3) is 6.85. The molecule has 0 saturated heterocycles. The Morgan fingerprint density at radius 1 is 1.06 bits per heavy atom. The fourth-order valence-electron chi connectivity index (χ4n) is 4.05. The number of carbonyl (C=O) groups is 2. The van der Waals surface area contributed by atoms with Gasteiger partial charge in [0.05, 0.1) is 0 Å². The Hall–Kier alpha value is -3.30. The number of aromatic nitrogens is 1. The lowest BCUT2D eigenvalue weighted by molar-refractivity contribution is -0.274. The van der Waals surface area contributed by atoms with Crippen molar-refractivity contribution in [2.75, 3.05) is 14.1 Å². The molecule has 2 amide bonds. The van der Waals surface area contributed by atoms with Crippen LogP contribution in [0.4, 0.5) is 13.2 Å². The summed E-state index contributed by atoms with van der Waals surface area (Å²) in [6.07, 6.45) is 3.76. The van der Waals surface area contributed by atoms with E-state index in [-0.39, 0.29) is 23.4 Å². The van der Waals surface area contributed by atoms with Crippen LogP contribution >= 0.6 is 0 Å². The van der Waals surface area contributed by atoms with Crippen LogP contribution in [0.5, 0.6) is 5.75 Å². The minimum atomic E-state index is -4.79. The number of rotatable bonds is 7. The Labute approximate surface area is 195 Å². The number of pyridine rings is 1. The second-order valence-corrected chi connectivity index (χ2v) is 8.69. The summed E-state index contributed by atoms with van der Waals surface area (Å²) in [6, 6.07) is 5.05. The van der Waals surface area contributed by atoms with Crippen molar-refractivity contribution in [3.63, 3.8) is 0 Å². The molecule has 0 unspecified atom stereocenters. The van der Waals surface area contributed by atoms with Gasteiger partial charge in [-0.3, -0.25) is 14.4 Å². The monoisotopic (exact) mass is 479 g/mol. The molecule has 0 spiro atoms. The smallest absolute Gasteiger partial charge is 0.406 e. The Morgan fingerprint density at radius 3 is 2.26 bits per heavy atom. The van der Waals surface area contributed by atoms with Crippen LogP contribution in [0, 0.1) is 5.92 Å². The van der Waals surface area contributed by atoms with Gasteiger partial charge in [-0.25, -0.2) is 0 Å². The Bertz CT molecular complexity index is 1070. The number of hydrogen-bond acceptors (Lipinski definition) is 4. The van der Waals surface area contributed by atoms with Gasteiger partial charge in [-0.2, -0.15) is 0 Å². The average molecular weight is 479 g/mol. The van der Waals surface area contributed by atoms with Gasteiger partial charge in [0.15, 0.2) is 0 Å². The molecule has 1 aliphatic rings. The van der Waals surface area contributed by atoms with Gasteiger partial charge in [-0.05, 0) is 36.5 Å². The normalized spacial score (nSPS) is 14.5. The van der Waals surface area contributed by atoms with Crippen molar-refractivity contribution in [3.05, 3.63) is 63.6 Å². The van der Waals surface area contributed by atoms with Crippen molar-refractivity contribution in [1.29, 1.82) is 0 Å². The van der Waals surface area contributed by atoms with Crippen LogP contribution in [0.3, 0.4) is 0 Å². The van der Waals surface area contributed by atoms with Gasteiger partial charge in [0.1, 0.15) is 16.9 Å². The van der Waals surface area contributed by atoms with E-state index in [4.69, 9.17) is 0 Å². The van der Waals surface area contributed by atoms with E-state index in [1.54, 1.807) is 4.57 Å². The zero-order valence-corrected chi connectivity index (χ0v) is 19.2. The summed E-state index contributed by atoms with van der Waals surface area (Å²) in [7, 11) is 3.07. The molecular formula is C24H28F3N3O4. The van der Waals surface area contributed by atoms with Gasteiger partial charge >= 0.3 is 6.36 Å². The van der Waals surface area contributed by atoms with E-state index in [0.29, 0.717) is 18.0 Å². The van der Waals surface area contributed by atoms with Gasteiger partial charge in [0.25, 0.3) is 11.8 Å².